The highest BCUT2D eigenvalue weighted by Crippen LogP contribution is 2.31. The van der Waals surface area contributed by atoms with Gasteiger partial charge < -0.3 is 9.84 Å². The molecule has 0 fully saturated rings. The minimum Gasteiger partial charge on any atom is -0.481 e. The largest absolute Gasteiger partial charge is 0.481 e. The second-order valence-corrected chi connectivity index (χ2v) is 4.96. The van der Waals surface area contributed by atoms with Crippen LogP contribution in [0.1, 0.15) is 33.1 Å². The van der Waals surface area contributed by atoms with Gasteiger partial charge in [-0.1, -0.05) is 25.4 Å². The highest BCUT2D eigenvalue weighted by molar-refractivity contribution is 6.29. The Morgan fingerprint density at radius 2 is 2.00 bits per heavy atom. The lowest BCUT2D eigenvalue weighted by Crippen LogP contribution is -2.34. The number of methoxy groups -OCH3 is 1. The van der Waals surface area contributed by atoms with Crippen LogP contribution in [0.4, 0.5) is 5.95 Å². The number of amides is 1. The van der Waals surface area contributed by atoms with Crippen LogP contribution < -0.4 is 10.1 Å². The lowest BCUT2D eigenvalue weighted by atomic mass is 9.79. The third-order valence-electron chi connectivity index (χ3n) is 3.44. The Balaban J connectivity index is 2.86. The quantitative estimate of drug-likeness (QED) is 0.749. The average molecular weight is 316 g/mol. The van der Waals surface area contributed by atoms with Gasteiger partial charge in [0.15, 0.2) is 0 Å². The average Bonchev–Trinajstić information content (AvgIpc) is 2.43. The zero-order chi connectivity index (χ0) is 16.0. The molecule has 0 radical (unpaired) electrons. The first kappa shape index (κ1) is 17.2. The Kier molecular flexibility index (Phi) is 5.90. The molecule has 7 nitrogen and oxygen atoms in total. The molecule has 1 aromatic rings. The molecule has 1 amide bonds. The van der Waals surface area contributed by atoms with Gasteiger partial charge in [-0.3, -0.25) is 14.9 Å². The summed E-state index contributed by atoms with van der Waals surface area (Å²) in [6, 6.07) is 1.40. The Bertz CT molecular complexity index is 532. The van der Waals surface area contributed by atoms with E-state index in [4.69, 9.17) is 16.3 Å². The predicted octanol–water partition coefficient (Wildman–Crippen LogP) is 2.36. The van der Waals surface area contributed by atoms with Crippen LogP contribution in [0.2, 0.25) is 5.15 Å². The number of nitrogens with zero attached hydrogens (tertiary/aromatic N) is 2. The highest BCUT2D eigenvalue weighted by Gasteiger charge is 2.37. The lowest BCUT2D eigenvalue weighted by Gasteiger charge is -2.25. The first-order chi connectivity index (χ1) is 9.86. The maximum absolute atomic E-state index is 12.0. The van der Waals surface area contributed by atoms with Gasteiger partial charge in [-0.2, -0.15) is 4.98 Å². The molecule has 0 aliphatic heterocycles. The van der Waals surface area contributed by atoms with E-state index in [1.807, 2.05) is 0 Å². The van der Waals surface area contributed by atoms with Gasteiger partial charge in [-0.05, 0) is 12.8 Å². The van der Waals surface area contributed by atoms with Crippen LogP contribution in [0.5, 0.6) is 5.88 Å². The summed E-state index contributed by atoms with van der Waals surface area (Å²) < 4.78 is 4.92. The zero-order valence-electron chi connectivity index (χ0n) is 12.1. The van der Waals surface area contributed by atoms with E-state index in [1.165, 1.54) is 13.2 Å². The third kappa shape index (κ3) is 4.29. The van der Waals surface area contributed by atoms with Gasteiger partial charge in [-0.25, -0.2) is 4.98 Å². The Labute approximate surface area is 127 Å². The molecule has 0 bridgehead atoms. The van der Waals surface area contributed by atoms with E-state index in [2.05, 4.69) is 15.3 Å². The van der Waals surface area contributed by atoms with Crippen LogP contribution in [0, 0.1) is 5.41 Å². The van der Waals surface area contributed by atoms with Gasteiger partial charge in [0, 0.05) is 12.5 Å². The topological polar surface area (TPSA) is 101 Å². The molecule has 0 unspecified atom stereocenters. The molecule has 0 saturated carbocycles. The fraction of sp³-hybridized carbons (Fsp3) is 0.538. The number of rotatable bonds is 7. The number of carbonyl (C=O) groups excluding carboxylic acids is 1. The normalized spacial score (nSPS) is 11.0. The number of carbonyl (C=O) groups is 2. The minimum absolute atomic E-state index is 0.0177. The SMILES string of the molecule is CCC(CC)(CC(=O)Nc1nc(Cl)cc(OC)n1)C(=O)O. The molecule has 0 aliphatic rings. The van der Waals surface area contributed by atoms with E-state index < -0.39 is 17.3 Å². The zero-order valence-corrected chi connectivity index (χ0v) is 12.9. The number of ether oxygens (including phenoxy) is 1. The predicted molar refractivity (Wildman–Crippen MR) is 77.5 cm³/mol. The Morgan fingerprint density at radius 3 is 2.48 bits per heavy atom. The van der Waals surface area contributed by atoms with Crippen LogP contribution in [-0.4, -0.2) is 34.1 Å². The fourth-order valence-electron chi connectivity index (χ4n) is 1.91. The number of carboxylic acid groups (broad SMARTS) is 1. The van der Waals surface area contributed by atoms with E-state index in [9.17, 15) is 14.7 Å². The van der Waals surface area contributed by atoms with Gasteiger partial charge >= 0.3 is 5.97 Å². The number of hydrogen-bond acceptors (Lipinski definition) is 5. The van der Waals surface area contributed by atoms with Crippen molar-refractivity contribution in [3.8, 4) is 5.88 Å². The Hall–Kier alpha value is -1.89. The molecule has 0 aromatic carbocycles. The van der Waals surface area contributed by atoms with Crippen LogP contribution >= 0.6 is 11.6 Å². The molecule has 21 heavy (non-hydrogen) atoms. The molecule has 2 N–H and O–H groups in total. The van der Waals surface area contributed by atoms with Crippen LogP contribution in [0.25, 0.3) is 0 Å². The van der Waals surface area contributed by atoms with Crippen molar-refractivity contribution < 1.29 is 19.4 Å². The molecule has 116 valence electrons. The highest BCUT2D eigenvalue weighted by atomic mass is 35.5. The number of carboxylic acids is 1. The van der Waals surface area contributed by atoms with Gasteiger partial charge in [-0.15, -0.1) is 0 Å². The third-order valence-corrected chi connectivity index (χ3v) is 3.63. The number of anilines is 1. The van der Waals surface area contributed by atoms with Crippen molar-refractivity contribution in [1.82, 2.24) is 9.97 Å². The standard InChI is InChI=1S/C13H18ClN3O4/c1-4-13(5-2,11(19)20)7-9(18)16-12-15-8(14)6-10(17-12)21-3/h6H,4-5,7H2,1-3H3,(H,19,20)(H,15,16,17,18). The van der Waals surface area contributed by atoms with Crippen molar-refractivity contribution >= 4 is 29.4 Å². The maximum Gasteiger partial charge on any atom is 0.310 e. The molecule has 0 saturated heterocycles. The number of hydrogen-bond donors (Lipinski definition) is 2. The summed E-state index contributed by atoms with van der Waals surface area (Å²) in [5, 5.41) is 11.9. The summed E-state index contributed by atoms with van der Waals surface area (Å²) in [5.41, 5.74) is -1.09. The molecule has 0 atom stereocenters. The molecular weight excluding hydrogens is 298 g/mol. The van der Waals surface area contributed by atoms with E-state index in [0.29, 0.717) is 12.8 Å². The van der Waals surface area contributed by atoms with Crippen molar-refractivity contribution in [3.05, 3.63) is 11.2 Å². The molecule has 1 aromatic heterocycles. The van der Waals surface area contributed by atoms with Crippen LogP contribution in [-0.2, 0) is 9.59 Å². The van der Waals surface area contributed by atoms with Crippen LogP contribution in [0.15, 0.2) is 6.07 Å². The first-order valence-electron chi connectivity index (χ1n) is 6.48. The number of aliphatic carboxylic acids is 1. The first-order valence-corrected chi connectivity index (χ1v) is 6.86. The smallest absolute Gasteiger partial charge is 0.310 e. The van der Waals surface area contributed by atoms with Crippen molar-refractivity contribution in [2.24, 2.45) is 5.41 Å². The van der Waals surface area contributed by atoms with Crippen molar-refractivity contribution in [2.75, 3.05) is 12.4 Å². The van der Waals surface area contributed by atoms with E-state index in [1.54, 1.807) is 13.8 Å². The second kappa shape index (κ2) is 7.21. The van der Waals surface area contributed by atoms with Gasteiger partial charge in [0.25, 0.3) is 0 Å². The summed E-state index contributed by atoms with van der Waals surface area (Å²) in [7, 11) is 1.41. The minimum atomic E-state index is -1.09. The maximum atomic E-state index is 12.0. The van der Waals surface area contributed by atoms with Crippen molar-refractivity contribution in [1.29, 1.82) is 0 Å². The number of aromatic nitrogens is 2. The van der Waals surface area contributed by atoms with Gasteiger partial charge in [0.05, 0.1) is 12.5 Å². The summed E-state index contributed by atoms with van der Waals surface area (Å²) in [5.74, 6) is -1.28. The molecule has 1 heterocycles. The van der Waals surface area contributed by atoms with E-state index >= 15 is 0 Å². The van der Waals surface area contributed by atoms with Gasteiger partial charge in [0.1, 0.15) is 5.15 Å². The number of nitrogens with one attached hydrogen (secondary N) is 1. The van der Waals surface area contributed by atoms with Crippen LogP contribution in [0.3, 0.4) is 0 Å². The van der Waals surface area contributed by atoms with Crippen molar-refractivity contribution in [2.45, 2.75) is 33.1 Å². The fourth-order valence-corrected chi connectivity index (χ4v) is 2.09. The lowest BCUT2D eigenvalue weighted by molar-refractivity contribution is -0.151. The van der Waals surface area contributed by atoms with E-state index in [-0.39, 0.29) is 23.4 Å². The van der Waals surface area contributed by atoms with E-state index in [0.717, 1.165) is 0 Å². The Morgan fingerprint density at radius 1 is 1.38 bits per heavy atom. The molecular formula is C13H18ClN3O4. The molecule has 0 aliphatic carbocycles. The molecule has 1 rings (SSSR count). The second-order valence-electron chi connectivity index (χ2n) is 4.57. The summed E-state index contributed by atoms with van der Waals surface area (Å²) >= 11 is 5.77. The van der Waals surface area contributed by atoms with Crippen molar-refractivity contribution in [3.63, 3.8) is 0 Å². The summed E-state index contributed by atoms with van der Waals surface area (Å²) in [6.07, 6.45) is 0.547. The summed E-state index contributed by atoms with van der Waals surface area (Å²) in [4.78, 5) is 31.2. The monoisotopic (exact) mass is 315 g/mol. The number of halogens is 1. The molecule has 0 spiro atoms. The van der Waals surface area contributed by atoms with Gasteiger partial charge in [0.2, 0.25) is 17.7 Å². The molecule has 8 heteroatoms. The summed E-state index contributed by atoms with van der Waals surface area (Å²) in [6.45, 7) is 3.48.